The number of amides is 1. The van der Waals surface area contributed by atoms with Gasteiger partial charge in [-0.05, 0) is 68.2 Å². The lowest BCUT2D eigenvalue weighted by Crippen LogP contribution is -2.43. The van der Waals surface area contributed by atoms with Gasteiger partial charge in [-0.25, -0.2) is 0 Å². The highest BCUT2D eigenvalue weighted by atomic mass is 35.5. The summed E-state index contributed by atoms with van der Waals surface area (Å²) in [5.74, 6) is 0.524. The summed E-state index contributed by atoms with van der Waals surface area (Å²) in [5, 5.41) is 5.29. The first-order valence-electron chi connectivity index (χ1n) is 9.31. The highest BCUT2D eigenvalue weighted by molar-refractivity contribution is 6.32. The molecule has 1 saturated heterocycles. The average Bonchev–Trinajstić information content (AvgIpc) is 3.28. The number of carbonyl (C=O) groups is 1. The van der Waals surface area contributed by atoms with E-state index in [2.05, 4.69) is 23.4 Å². The molecule has 4 nitrogen and oxygen atoms in total. The Hall–Kier alpha value is -1.52. The highest BCUT2D eigenvalue weighted by Gasteiger charge is 2.30. The number of halogens is 1. The summed E-state index contributed by atoms with van der Waals surface area (Å²) >= 11 is 6.34. The minimum atomic E-state index is -0.241. The quantitative estimate of drug-likeness (QED) is 0.849. The topological polar surface area (TPSA) is 54.1 Å². The van der Waals surface area contributed by atoms with Crippen LogP contribution in [0.1, 0.15) is 55.6 Å². The zero-order chi connectivity index (χ0) is 17.4. The minimum Gasteiger partial charge on any atom is -0.368 e. The van der Waals surface area contributed by atoms with E-state index in [1.54, 1.807) is 0 Å². The van der Waals surface area contributed by atoms with E-state index < -0.39 is 0 Å². The molecule has 0 bridgehead atoms. The second-order valence-electron chi connectivity index (χ2n) is 7.41. The number of ether oxygens (including phenoxy) is 1. The van der Waals surface area contributed by atoms with Gasteiger partial charge in [0.15, 0.2) is 0 Å². The van der Waals surface area contributed by atoms with Crippen molar-refractivity contribution < 1.29 is 9.53 Å². The van der Waals surface area contributed by atoms with E-state index in [-0.39, 0.29) is 18.1 Å². The number of hydrogen-bond donors (Lipinski definition) is 2. The number of fused-ring (bicyclic) bond motifs is 1. The van der Waals surface area contributed by atoms with Gasteiger partial charge in [0.2, 0.25) is 5.91 Å². The molecule has 1 saturated carbocycles. The number of H-pyrrole nitrogens is 1. The fourth-order valence-corrected chi connectivity index (χ4v) is 4.57. The second kappa shape index (κ2) is 7.00. The molecule has 1 aromatic carbocycles. The first-order chi connectivity index (χ1) is 12.1. The summed E-state index contributed by atoms with van der Waals surface area (Å²) in [4.78, 5) is 15.7. The van der Waals surface area contributed by atoms with Crippen LogP contribution in [0.3, 0.4) is 0 Å². The number of benzene rings is 1. The van der Waals surface area contributed by atoms with Crippen LogP contribution in [0.5, 0.6) is 0 Å². The molecule has 2 heterocycles. The molecule has 1 aliphatic heterocycles. The fraction of sp³-hybridized carbons (Fsp3) is 0.550. The molecule has 2 N–H and O–H groups in total. The summed E-state index contributed by atoms with van der Waals surface area (Å²) in [7, 11) is 0. The Bertz CT molecular complexity index is 779. The third kappa shape index (κ3) is 3.30. The van der Waals surface area contributed by atoms with Gasteiger partial charge in [0.05, 0.1) is 0 Å². The van der Waals surface area contributed by atoms with Crippen molar-refractivity contribution in [2.24, 2.45) is 0 Å². The molecule has 4 rings (SSSR count). The van der Waals surface area contributed by atoms with Gasteiger partial charge in [0, 0.05) is 34.8 Å². The van der Waals surface area contributed by atoms with Gasteiger partial charge in [0.1, 0.15) is 6.10 Å². The predicted molar refractivity (Wildman–Crippen MR) is 100 cm³/mol. The number of hydrogen-bond acceptors (Lipinski definition) is 2. The van der Waals surface area contributed by atoms with Crippen molar-refractivity contribution in [3.8, 4) is 0 Å². The molecule has 0 spiro atoms. The first kappa shape index (κ1) is 16.9. The second-order valence-corrected chi connectivity index (χ2v) is 7.82. The smallest absolute Gasteiger partial charge is 0.249 e. The average molecular weight is 361 g/mol. The molecule has 1 aliphatic carbocycles. The lowest BCUT2D eigenvalue weighted by molar-refractivity contribution is -0.131. The number of nitrogens with one attached hydrogen (secondary N) is 2. The van der Waals surface area contributed by atoms with Gasteiger partial charge in [-0.2, -0.15) is 0 Å². The fourth-order valence-electron chi connectivity index (χ4n) is 4.41. The number of rotatable bonds is 3. The van der Waals surface area contributed by atoms with Gasteiger partial charge >= 0.3 is 0 Å². The molecule has 5 heteroatoms. The minimum absolute atomic E-state index is 0.0706. The highest BCUT2D eigenvalue weighted by Crippen LogP contribution is 2.39. The Morgan fingerprint density at radius 1 is 1.28 bits per heavy atom. The Morgan fingerprint density at radius 3 is 2.96 bits per heavy atom. The lowest BCUT2D eigenvalue weighted by Gasteiger charge is -2.30. The van der Waals surface area contributed by atoms with Crippen LogP contribution >= 0.6 is 11.6 Å². The Morgan fingerprint density at radius 2 is 2.16 bits per heavy atom. The molecule has 0 unspecified atom stereocenters. The van der Waals surface area contributed by atoms with Crippen LogP contribution in [0.2, 0.25) is 5.02 Å². The van der Waals surface area contributed by atoms with Crippen LogP contribution < -0.4 is 5.32 Å². The van der Waals surface area contributed by atoms with Crippen molar-refractivity contribution in [2.45, 2.75) is 63.5 Å². The molecule has 134 valence electrons. The van der Waals surface area contributed by atoms with E-state index in [1.807, 2.05) is 12.1 Å². The van der Waals surface area contributed by atoms with Crippen molar-refractivity contribution >= 4 is 28.4 Å². The summed E-state index contributed by atoms with van der Waals surface area (Å²) in [5.41, 5.74) is 3.62. The summed E-state index contributed by atoms with van der Waals surface area (Å²) < 4.78 is 5.51. The van der Waals surface area contributed by atoms with Crippen LogP contribution in [-0.2, 0) is 9.53 Å². The molecule has 2 fully saturated rings. The molecular weight excluding hydrogens is 336 g/mol. The number of aromatic nitrogens is 1. The monoisotopic (exact) mass is 360 g/mol. The summed E-state index contributed by atoms with van der Waals surface area (Å²) in [6.07, 6.45) is 8.05. The maximum absolute atomic E-state index is 12.4. The summed E-state index contributed by atoms with van der Waals surface area (Å²) in [6, 6.07) is 4.23. The van der Waals surface area contributed by atoms with Crippen LogP contribution in [0.25, 0.3) is 10.9 Å². The molecule has 1 aromatic heterocycles. The number of carbonyl (C=O) groups excluding carboxylic acids is 1. The third-order valence-corrected chi connectivity index (χ3v) is 6.16. The molecule has 0 radical (unpaired) electrons. The third-order valence-electron chi connectivity index (χ3n) is 5.75. The maximum Gasteiger partial charge on any atom is 0.249 e. The number of aryl methyl sites for hydroxylation is 1. The normalized spacial score (nSPS) is 26.9. The van der Waals surface area contributed by atoms with E-state index in [1.165, 1.54) is 10.9 Å². The van der Waals surface area contributed by atoms with Crippen LogP contribution in [-0.4, -0.2) is 29.6 Å². The van der Waals surface area contributed by atoms with E-state index in [0.29, 0.717) is 12.5 Å². The molecule has 3 atom stereocenters. The summed E-state index contributed by atoms with van der Waals surface area (Å²) in [6.45, 7) is 2.79. The van der Waals surface area contributed by atoms with E-state index in [9.17, 15) is 4.79 Å². The van der Waals surface area contributed by atoms with Gasteiger partial charge < -0.3 is 15.0 Å². The van der Waals surface area contributed by atoms with Gasteiger partial charge in [0.25, 0.3) is 0 Å². The van der Waals surface area contributed by atoms with Crippen molar-refractivity contribution in [3.63, 3.8) is 0 Å². The van der Waals surface area contributed by atoms with Crippen LogP contribution in [0.4, 0.5) is 0 Å². The first-order valence-corrected chi connectivity index (χ1v) is 9.69. The van der Waals surface area contributed by atoms with E-state index in [4.69, 9.17) is 16.3 Å². The standard InChI is InChI=1S/C20H25ClN2O2/c1-12-16(21)7-8-17-19(12)15(11-22-17)13-4-2-5-14(10-13)23-20(24)18-6-3-9-25-18/h7-8,11,13-14,18,22H,2-6,9-10H2,1H3,(H,23,24)/t13-,14+,18+/m1/s1. The van der Waals surface area contributed by atoms with Gasteiger partial charge in [-0.3, -0.25) is 4.79 Å². The van der Waals surface area contributed by atoms with Gasteiger partial charge in [-0.15, -0.1) is 0 Å². The van der Waals surface area contributed by atoms with E-state index in [0.717, 1.165) is 54.6 Å². The lowest BCUT2D eigenvalue weighted by atomic mass is 9.80. The Balaban J connectivity index is 1.51. The molecule has 2 aliphatic rings. The van der Waals surface area contributed by atoms with Crippen molar-refractivity contribution in [2.75, 3.05) is 6.61 Å². The number of aromatic amines is 1. The Kier molecular flexibility index (Phi) is 4.74. The predicted octanol–water partition coefficient (Wildman–Crippen LogP) is 4.45. The van der Waals surface area contributed by atoms with Crippen molar-refractivity contribution in [3.05, 3.63) is 34.5 Å². The van der Waals surface area contributed by atoms with E-state index >= 15 is 0 Å². The molecule has 2 aromatic rings. The van der Waals surface area contributed by atoms with Crippen LogP contribution in [0.15, 0.2) is 18.3 Å². The zero-order valence-electron chi connectivity index (χ0n) is 14.6. The SMILES string of the molecule is Cc1c(Cl)ccc2[nH]cc([C@@H]3CCC[C@H](NC(=O)[C@@H]4CCCO4)C3)c12. The largest absolute Gasteiger partial charge is 0.368 e. The molecule has 1 amide bonds. The van der Waals surface area contributed by atoms with Crippen molar-refractivity contribution in [1.82, 2.24) is 10.3 Å². The van der Waals surface area contributed by atoms with Gasteiger partial charge in [-0.1, -0.05) is 18.0 Å². The Labute approximate surface area is 153 Å². The maximum atomic E-state index is 12.4. The molecular formula is C20H25ClN2O2. The molecule has 25 heavy (non-hydrogen) atoms. The zero-order valence-corrected chi connectivity index (χ0v) is 15.4. The van der Waals surface area contributed by atoms with Crippen LogP contribution in [0, 0.1) is 6.92 Å². The van der Waals surface area contributed by atoms with Crippen molar-refractivity contribution in [1.29, 1.82) is 0 Å².